The predicted octanol–water partition coefficient (Wildman–Crippen LogP) is 3.42. The van der Waals surface area contributed by atoms with Crippen molar-refractivity contribution in [1.29, 1.82) is 0 Å². The molecule has 110 valence electrons. The number of carboxylic acids is 1. The third-order valence-corrected chi connectivity index (χ3v) is 2.99. The molecule has 5 heteroatoms. The lowest BCUT2D eigenvalue weighted by Crippen LogP contribution is -2.05. The van der Waals surface area contributed by atoms with E-state index < -0.39 is 11.8 Å². The van der Waals surface area contributed by atoms with E-state index in [1.54, 1.807) is 7.11 Å². The molecule has 0 amide bonds. The molecule has 0 fully saturated rings. The van der Waals surface area contributed by atoms with Gasteiger partial charge in [-0.1, -0.05) is 11.6 Å². The minimum absolute atomic E-state index is 0.118. The maximum absolute atomic E-state index is 13.1. The molecule has 1 N–H and O–H groups in total. The average Bonchev–Trinajstić information content (AvgIpc) is 2.46. The van der Waals surface area contributed by atoms with E-state index in [1.165, 1.54) is 6.07 Å². The van der Waals surface area contributed by atoms with Gasteiger partial charge in [0.2, 0.25) is 0 Å². The maximum Gasteiger partial charge on any atom is 0.339 e. The van der Waals surface area contributed by atoms with Crippen molar-refractivity contribution >= 4 is 5.97 Å². The fourth-order valence-corrected chi connectivity index (χ4v) is 1.97. The van der Waals surface area contributed by atoms with Gasteiger partial charge in [0.05, 0.1) is 7.11 Å². The molecule has 0 radical (unpaired) electrons. The second-order valence-electron chi connectivity index (χ2n) is 4.55. The maximum atomic E-state index is 13.1. The summed E-state index contributed by atoms with van der Waals surface area (Å²) in [6.45, 7) is 2.07. The van der Waals surface area contributed by atoms with Gasteiger partial charge in [0, 0.05) is 5.56 Å². The van der Waals surface area contributed by atoms with Crippen LogP contribution in [0.25, 0.3) is 0 Å². The first kappa shape index (κ1) is 14.8. The van der Waals surface area contributed by atoms with E-state index in [0.717, 1.165) is 23.3 Å². The van der Waals surface area contributed by atoms with Gasteiger partial charge < -0.3 is 14.6 Å². The standard InChI is InChI=1S/C16H15FO4/c1-10-3-5-14(20-2)11(7-10)9-21-15-6-4-12(17)8-13(15)16(18)19/h3-8H,9H2,1-2H3,(H,18,19). The van der Waals surface area contributed by atoms with Gasteiger partial charge in [-0.3, -0.25) is 0 Å². The second-order valence-corrected chi connectivity index (χ2v) is 4.55. The number of rotatable bonds is 5. The normalized spacial score (nSPS) is 10.2. The minimum Gasteiger partial charge on any atom is -0.496 e. The van der Waals surface area contributed by atoms with Crippen LogP contribution in [-0.2, 0) is 6.61 Å². The van der Waals surface area contributed by atoms with E-state index in [4.69, 9.17) is 14.6 Å². The van der Waals surface area contributed by atoms with Crippen LogP contribution in [0.5, 0.6) is 11.5 Å². The Hall–Kier alpha value is -2.56. The second kappa shape index (κ2) is 6.26. The average molecular weight is 290 g/mol. The Balaban J connectivity index is 2.24. The number of aryl methyl sites for hydroxylation is 1. The summed E-state index contributed by atoms with van der Waals surface area (Å²) in [7, 11) is 1.55. The van der Waals surface area contributed by atoms with Gasteiger partial charge in [-0.15, -0.1) is 0 Å². The molecule has 0 aromatic heterocycles. The Labute approximate surface area is 121 Å². The SMILES string of the molecule is COc1ccc(C)cc1COc1ccc(F)cc1C(=O)O. The monoisotopic (exact) mass is 290 g/mol. The van der Waals surface area contributed by atoms with Crippen LogP contribution in [0.4, 0.5) is 4.39 Å². The highest BCUT2D eigenvalue weighted by Gasteiger charge is 2.13. The molecule has 0 aliphatic carbocycles. The zero-order valence-electron chi connectivity index (χ0n) is 11.7. The Morgan fingerprint density at radius 2 is 1.90 bits per heavy atom. The third kappa shape index (κ3) is 3.51. The van der Waals surface area contributed by atoms with Gasteiger partial charge >= 0.3 is 5.97 Å². The predicted molar refractivity (Wildman–Crippen MR) is 75.4 cm³/mol. The molecule has 0 saturated heterocycles. The zero-order chi connectivity index (χ0) is 15.4. The Kier molecular flexibility index (Phi) is 4.42. The number of benzene rings is 2. The number of methoxy groups -OCH3 is 1. The van der Waals surface area contributed by atoms with Gasteiger partial charge in [0.1, 0.15) is 29.5 Å². The summed E-state index contributed by atoms with van der Waals surface area (Å²) in [6.07, 6.45) is 0. The fraction of sp³-hybridized carbons (Fsp3) is 0.188. The zero-order valence-corrected chi connectivity index (χ0v) is 11.7. The molecule has 2 aromatic rings. The molecule has 0 aliphatic rings. The summed E-state index contributed by atoms with van der Waals surface area (Å²) in [5.74, 6) is -1.08. The van der Waals surface area contributed by atoms with E-state index in [1.807, 2.05) is 25.1 Å². The van der Waals surface area contributed by atoms with Gasteiger partial charge in [0.15, 0.2) is 0 Å². The summed E-state index contributed by atoms with van der Waals surface area (Å²) in [5, 5.41) is 9.06. The number of aromatic carboxylic acids is 1. The van der Waals surface area contributed by atoms with E-state index in [-0.39, 0.29) is 17.9 Å². The van der Waals surface area contributed by atoms with Crippen LogP contribution in [-0.4, -0.2) is 18.2 Å². The lowest BCUT2D eigenvalue weighted by molar-refractivity contribution is 0.0691. The Morgan fingerprint density at radius 1 is 1.19 bits per heavy atom. The molecule has 0 heterocycles. The lowest BCUT2D eigenvalue weighted by Gasteiger charge is -2.12. The summed E-state index contributed by atoms with van der Waals surface area (Å²) in [6, 6.07) is 9.02. The summed E-state index contributed by atoms with van der Waals surface area (Å²) >= 11 is 0. The Bertz CT molecular complexity index is 667. The fourth-order valence-electron chi connectivity index (χ4n) is 1.97. The van der Waals surface area contributed by atoms with Crippen molar-refractivity contribution in [3.05, 3.63) is 58.9 Å². The number of ether oxygens (including phenoxy) is 2. The van der Waals surface area contributed by atoms with E-state index in [2.05, 4.69) is 0 Å². The Morgan fingerprint density at radius 3 is 2.57 bits per heavy atom. The van der Waals surface area contributed by atoms with Gasteiger partial charge in [-0.05, 0) is 37.3 Å². The molecule has 2 aromatic carbocycles. The first-order chi connectivity index (χ1) is 10.0. The molecule has 0 unspecified atom stereocenters. The highest BCUT2D eigenvalue weighted by Crippen LogP contribution is 2.24. The lowest BCUT2D eigenvalue weighted by atomic mass is 10.1. The minimum atomic E-state index is -1.24. The van der Waals surface area contributed by atoms with E-state index in [9.17, 15) is 9.18 Å². The van der Waals surface area contributed by atoms with Crippen LogP contribution >= 0.6 is 0 Å². The topological polar surface area (TPSA) is 55.8 Å². The summed E-state index contributed by atoms with van der Waals surface area (Å²) in [5.41, 5.74) is 1.62. The molecule has 0 spiro atoms. The largest absolute Gasteiger partial charge is 0.496 e. The quantitative estimate of drug-likeness (QED) is 0.916. The van der Waals surface area contributed by atoms with Crippen LogP contribution in [0.3, 0.4) is 0 Å². The highest BCUT2D eigenvalue weighted by atomic mass is 19.1. The van der Waals surface area contributed by atoms with E-state index >= 15 is 0 Å². The van der Waals surface area contributed by atoms with Crippen molar-refractivity contribution < 1.29 is 23.8 Å². The molecule has 0 bridgehead atoms. The number of hydrogen-bond donors (Lipinski definition) is 1. The van der Waals surface area contributed by atoms with Crippen LogP contribution in [0.15, 0.2) is 36.4 Å². The van der Waals surface area contributed by atoms with Crippen LogP contribution < -0.4 is 9.47 Å². The number of carboxylic acid groups (broad SMARTS) is 1. The molecule has 21 heavy (non-hydrogen) atoms. The van der Waals surface area contributed by atoms with Crippen molar-refractivity contribution in [2.75, 3.05) is 7.11 Å². The highest BCUT2D eigenvalue weighted by molar-refractivity contribution is 5.90. The van der Waals surface area contributed by atoms with Crippen LogP contribution in [0.1, 0.15) is 21.5 Å². The number of carbonyl (C=O) groups is 1. The van der Waals surface area contributed by atoms with Crippen molar-refractivity contribution in [2.24, 2.45) is 0 Å². The molecule has 0 saturated carbocycles. The van der Waals surface area contributed by atoms with Crippen LogP contribution in [0, 0.1) is 12.7 Å². The molecule has 4 nitrogen and oxygen atoms in total. The first-order valence-electron chi connectivity index (χ1n) is 6.30. The summed E-state index contributed by atoms with van der Waals surface area (Å²) in [4.78, 5) is 11.1. The molecule has 0 atom stereocenters. The first-order valence-corrected chi connectivity index (χ1v) is 6.30. The number of hydrogen-bond acceptors (Lipinski definition) is 3. The number of halogens is 1. The molecular weight excluding hydrogens is 275 g/mol. The smallest absolute Gasteiger partial charge is 0.339 e. The van der Waals surface area contributed by atoms with Crippen molar-refractivity contribution in [2.45, 2.75) is 13.5 Å². The molecule has 2 rings (SSSR count). The van der Waals surface area contributed by atoms with Crippen molar-refractivity contribution in [3.8, 4) is 11.5 Å². The molecule has 0 aliphatic heterocycles. The molecular formula is C16H15FO4. The van der Waals surface area contributed by atoms with Crippen molar-refractivity contribution in [3.63, 3.8) is 0 Å². The third-order valence-electron chi connectivity index (χ3n) is 2.99. The van der Waals surface area contributed by atoms with Crippen molar-refractivity contribution in [1.82, 2.24) is 0 Å². The summed E-state index contributed by atoms with van der Waals surface area (Å²) < 4.78 is 23.8. The van der Waals surface area contributed by atoms with Gasteiger partial charge in [0.25, 0.3) is 0 Å². The van der Waals surface area contributed by atoms with Crippen LogP contribution in [0.2, 0.25) is 0 Å². The van der Waals surface area contributed by atoms with Gasteiger partial charge in [-0.25, -0.2) is 9.18 Å². The van der Waals surface area contributed by atoms with E-state index in [0.29, 0.717) is 5.75 Å². The van der Waals surface area contributed by atoms with Gasteiger partial charge in [-0.2, -0.15) is 0 Å².